The third-order valence-corrected chi connectivity index (χ3v) is 4.79. The Bertz CT molecular complexity index is 217. The maximum absolute atomic E-state index is 5.53. The Hall–Kier alpha value is -0.120. The van der Waals surface area contributed by atoms with Gasteiger partial charge in [-0.15, -0.1) is 0 Å². The van der Waals surface area contributed by atoms with Crippen LogP contribution in [0.2, 0.25) is 0 Å². The van der Waals surface area contributed by atoms with Crippen molar-refractivity contribution in [3.63, 3.8) is 0 Å². The van der Waals surface area contributed by atoms with Crippen molar-refractivity contribution in [3.8, 4) is 0 Å². The zero-order valence-electron chi connectivity index (χ0n) is 13.5. The summed E-state index contributed by atoms with van der Waals surface area (Å²) < 4.78 is 5.53. The van der Waals surface area contributed by atoms with Crippen LogP contribution in [0, 0.1) is 11.3 Å². The summed E-state index contributed by atoms with van der Waals surface area (Å²) >= 11 is 0. The van der Waals surface area contributed by atoms with Gasteiger partial charge in [-0.25, -0.2) is 0 Å². The smallest absolute Gasteiger partial charge is 0.0531 e. The molecule has 0 aromatic rings. The third-order valence-electron chi connectivity index (χ3n) is 4.79. The lowest BCUT2D eigenvalue weighted by Gasteiger charge is -2.41. The second-order valence-corrected chi connectivity index (χ2v) is 6.19. The Morgan fingerprint density at radius 1 is 1.16 bits per heavy atom. The van der Waals surface area contributed by atoms with Crippen molar-refractivity contribution in [2.24, 2.45) is 11.3 Å². The SMILES string of the molecule is CCC(CC)CN(CC)CC1(COC)CCNCC1. The van der Waals surface area contributed by atoms with Gasteiger partial charge in [-0.3, -0.25) is 0 Å². The van der Waals surface area contributed by atoms with Crippen molar-refractivity contribution < 1.29 is 4.74 Å². The van der Waals surface area contributed by atoms with Crippen molar-refractivity contribution in [1.29, 1.82) is 0 Å². The molecule has 19 heavy (non-hydrogen) atoms. The third kappa shape index (κ3) is 5.41. The van der Waals surface area contributed by atoms with Gasteiger partial charge < -0.3 is 15.0 Å². The topological polar surface area (TPSA) is 24.5 Å². The standard InChI is InChI=1S/C16H34N2O/c1-5-15(6-2)12-18(7-3)13-16(14-19-4)8-10-17-11-9-16/h15,17H,5-14H2,1-4H3. The predicted octanol–water partition coefficient (Wildman–Crippen LogP) is 2.76. The van der Waals surface area contributed by atoms with E-state index in [0.717, 1.165) is 32.2 Å². The Balaban J connectivity index is 2.58. The molecule has 0 unspecified atom stereocenters. The van der Waals surface area contributed by atoms with Crippen molar-refractivity contribution in [3.05, 3.63) is 0 Å². The molecule has 1 rings (SSSR count). The summed E-state index contributed by atoms with van der Waals surface area (Å²) in [5.74, 6) is 0.848. The lowest BCUT2D eigenvalue weighted by Crippen LogP contribution is -2.48. The van der Waals surface area contributed by atoms with E-state index in [1.165, 1.54) is 38.8 Å². The van der Waals surface area contributed by atoms with E-state index in [2.05, 4.69) is 31.0 Å². The van der Waals surface area contributed by atoms with Gasteiger partial charge in [-0.2, -0.15) is 0 Å². The molecule has 0 amide bonds. The van der Waals surface area contributed by atoms with Gasteiger partial charge in [0.1, 0.15) is 0 Å². The average Bonchev–Trinajstić information content (AvgIpc) is 2.44. The molecule has 1 N–H and O–H groups in total. The van der Waals surface area contributed by atoms with Gasteiger partial charge in [0, 0.05) is 25.6 Å². The molecule has 1 heterocycles. The maximum Gasteiger partial charge on any atom is 0.0531 e. The van der Waals surface area contributed by atoms with E-state index in [-0.39, 0.29) is 0 Å². The fourth-order valence-corrected chi connectivity index (χ4v) is 3.30. The minimum absolute atomic E-state index is 0.377. The molecule has 0 bridgehead atoms. The normalized spacial score (nSPS) is 19.3. The molecule has 0 atom stereocenters. The van der Waals surface area contributed by atoms with E-state index in [1.54, 1.807) is 0 Å². The molecular weight excluding hydrogens is 236 g/mol. The van der Waals surface area contributed by atoms with Gasteiger partial charge in [0.05, 0.1) is 6.61 Å². The summed E-state index contributed by atoms with van der Waals surface area (Å²) in [6.45, 7) is 13.7. The van der Waals surface area contributed by atoms with Crippen LogP contribution >= 0.6 is 0 Å². The molecule has 0 aromatic carbocycles. The van der Waals surface area contributed by atoms with Gasteiger partial charge in [0.15, 0.2) is 0 Å². The molecule has 0 radical (unpaired) electrons. The highest BCUT2D eigenvalue weighted by Gasteiger charge is 2.33. The molecule has 0 aromatic heterocycles. The van der Waals surface area contributed by atoms with Gasteiger partial charge in [-0.05, 0) is 38.4 Å². The first-order chi connectivity index (χ1) is 9.19. The highest BCUT2D eigenvalue weighted by molar-refractivity contribution is 4.87. The fourth-order valence-electron chi connectivity index (χ4n) is 3.30. The van der Waals surface area contributed by atoms with Crippen molar-refractivity contribution >= 4 is 0 Å². The Labute approximate surface area is 120 Å². The van der Waals surface area contributed by atoms with Gasteiger partial charge in [0.2, 0.25) is 0 Å². The van der Waals surface area contributed by atoms with Crippen LogP contribution in [-0.4, -0.2) is 51.3 Å². The summed E-state index contributed by atoms with van der Waals surface area (Å²) in [4.78, 5) is 2.65. The van der Waals surface area contributed by atoms with Crippen LogP contribution in [0.3, 0.4) is 0 Å². The van der Waals surface area contributed by atoms with Crippen LogP contribution < -0.4 is 5.32 Å². The molecular formula is C16H34N2O. The molecule has 1 fully saturated rings. The number of hydrogen-bond donors (Lipinski definition) is 1. The zero-order valence-corrected chi connectivity index (χ0v) is 13.5. The number of rotatable bonds is 9. The van der Waals surface area contributed by atoms with Gasteiger partial charge in [0.25, 0.3) is 0 Å². The summed E-state index contributed by atoms with van der Waals surface area (Å²) in [6, 6.07) is 0. The largest absolute Gasteiger partial charge is 0.384 e. The van der Waals surface area contributed by atoms with E-state index < -0.39 is 0 Å². The number of ether oxygens (including phenoxy) is 1. The second-order valence-electron chi connectivity index (χ2n) is 6.19. The lowest BCUT2D eigenvalue weighted by atomic mass is 9.79. The zero-order chi connectivity index (χ0) is 14.1. The van der Waals surface area contributed by atoms with Crippen molar-refractivity contribution in [2.45, 2.75) is 46.5 Å². The first-order valence-corrected chi connectivity index (χ1v) is 8.11. The molecule has 114 valence electrons. The molecule has 1 aliphatic heterocycles. The van der Waals surface area contributed by atoms with E-state index in [1.807, 2.05) is 7.11 Å². The number of nitrogens with one attached hydrogen (secondary N) is 1. The minimum atomic E-state index is 0.377. The Morgan fingerprint density at radius 3 is 2.26 bits per heavy atom. The molecule has 0 spiro atoms. The Kier molecular flexibility index (Phi) is 7.96. The van der Waals surface area contributed by atoms with Crippen LogP contribution in [0.5, 0.6) is 0 Å². The number of hydrogen-bond acceptors (Lipinski definition) is 3. The molecule has 3 heteroatoms. The molecule has 3 nitrogen and oxygen atoms in total. The van der Waals surface area contributed by atoms with E-state index in [4.69, 9.17) is 4.74 Å². The summed E-state index contributed by atoms with van der Waals surface area (Å²) in [5, 5.41) is 3.48. The minimum Gasteiger partial charge on any atom is -0.384 e. The lowest BCUT2D eigenvalue weighted by molar-refractivity contribution is 0.0195. The van der Waals surface area contributed by atoms with Crippen LogP contribution in [0.25, 0.3) is 0 Å². The first kappa shape index (κ1) is 16.9. The monoisotopic (exact) mass is 270 g/mol. The van der Waals surface area contributed by atoms with Gasteiger partial charge >= 0.3 is 0 Å². The number of piperidine rings is 1. The molecule has 0 saturated carbocycles. The molecule has 0 aliphatic carbocycles. The second kappa shape index (κ2) is 8.93. The summed E-state index contributed by atoms with van der Waals surface area (Å²) in [6.07, 6.45) is 5.10. The summed E-state index contributed by atoms with van der Waals surface area (Å²) in [5.41, 5.74) is 0.377. The van der Waals surface area contributed by atoms with E-state index in [0.29, 0.717) is 5.41 Å². The molecule has 1 saturated heterocycles. The van der Waals surface area contributed by atoms with E-state index >= 15 is 0 Å². The van der Waals surface area contributed by atoms with Gasteiger partial charge in [-0.1, -0.05) is 33.6 Å². The quantitative estimate of drug-likeness (QED) is 0.697. The fraction of sp³-hybridized carbons (Fsp3) is 1.00. The number of nitrogens with zero attached hydrogens (tertiary/aromatic N) is 1. The van der Waals surface area contributed by atoms with Crippen LogP contribution in [0.4, 0.5) is 0 Å². The highest BCUT2D eigenvalue weighted by atomic mass is 16.5. The number of methoxy groups -OCH3 is 1. The first-order valence-electron chi connectivity index (χ1n) is 8.11. The van der Waals surface area contributed by atoms with Crippen molar-refractivity contribution in [1.82, 2.24) is 10.2 Å². The highest BCUT2D eigenvalue weighted by Crippen LogP contribution is 2.30. The average molecular weight is 270 g/mol. The predicted molar refractivity (Wildman–Crippen MR) is 82.6 cm³/mol. The Morgan fingerprint density at radius 2 is 1.79 bits per heavy atom. The van der Waals surface area contributed by atoms with E-state index in [9.17, 15) is 0 Å². The maximum atomic E-state index is 5.53. The van der Waals surface area contributed by atoms with Crippen LogP contribution in [-0.2, 0) is 4.74 Å². The van der Waals surface area contributed by atoms with Crippen LogP contribution in [0.15, 0.2) is 0 Å². The summed E-state index contributed by atoms with van der Waals surface area (Å²) in [7, 11) is 1.85. The molecule has 1 aliphatic rings. The van der Waals surface area contributed by atoms with Crippen LogP contribution in [0.1, 0.15) is 46.5 Å². The van der Waals surface area contributed by atoms with Crippen molar-refractivity contribution in [2.75, 3.05) is 46.4 Å².